The predicted octanol–water partition coefficient (Wildman–Crippen LogP) is 3.29. The topological polar surface area (TPSA) is 56.7 Å². The molecule has 0 spiro atoms. The smallest absolute Gasteiger partial charge is 0.187 e. The Morgan fingerprint density at radius 2 is 2.19 bits per heavy atom. The van der Waals surface area contributed by atoms with Crippen LogP contribution in [-0.4, -0.2) is 23.0 Å². The summed E-state index contributed by atoms with van der Waals surface area (Å²) in [7, 11) is 0. The minimum absolute atomic E-state index is 0.167. The normalized spacial score (nSPS) is 10.7. The molecule has 3 N–H and O–H groups in total. The molecule has 0 saturated carbocycles. The van der Waals surface area contributed by atoms with Crippen molar-refractivity contribution in [1.29, 1.82) is 0 Å². The zero-order valence-corrected chi connectivity index (χ0v) is 13.5. The molecule has 0 saturated heterocycles. The standard InChI is InChI=1S/C15H14BrN3OS/c1-2-7-17-15(21)19-18-9-13-12-5-4-11(16)8-10(12)3-6-14(13)20/h2-6,8-9,20H,1,7H2,(H2,17,19,21)/b18-9+. The van der Waals surface area contributed by atoms with Crippen LogP contribution in [0.3, 0.4) is 0 Å². The Morgan fingerprint density at radius 1 is 1.38 bits per heavy atom. The molecule has 0 aromatic heterocycles. The predicted molar refractivity (Wildman–Crippen MR) is 94.8 cm³/mol. The molecule has 0 bridgehead atoms. The number of fused-ring (bicyclic) bond motifs is 1. The van der Waals surface area contributed by atoms with Gasteiger partial charge in [0.2, 0.25) is 0 Å². The molecule has 0 fully saturated rings. The van der Waals surface area contributed by atoms with E-state index in [4.69, 9.17) is 12.2 Å². The van der Waals surface area contributed by atoms with E-state index < -0.39 is 0 Å². The Hall–Kier alpha value is -1.92. The molecule has 21 heavy (non-hydrogen) atoms. The van der Waals surface area contributed by atoms with Crippen LogP contribution in [0, 0.1) is 0 Å². The van der Waals surface area contributed by atoms with Crippen LogP contribution >= 0.6 is 28.1 Å². The first-order valence-corrected chi connectivity index (χ1v) is 7.41. The van der Waals surface area contributed by atoms with E-state index in [1.54, 1.807) is 18.4 Å². The number of thiocarbonyl (C=S) groups is 1. The van der Waals surface area contributed by atoms with Gasteiger partial charge in [0.1, 0.15) is 5.75 Å². The van der Waals surface area contributed by atoms with Crippen LogP contribution in [-0.2, 0) is 0 Å². The second-order valence-electron chi connectivity index (χ2n) is 4.23. The molecule has 0 heterocycles. The summed E-state index contributed by atoms with van der Waals surface area (Å²) in [5.41, 5.74) is 3.33. The fourth-order valence-electron chi connectivity index (χ4n) is 1.81. The third-order valence-corrected chi connectivity index (χ3v) is 3.50. The minimum Gasteiger partial charge on any atom is -0.507 e. The van der Waals surface area contributed by atoms with Gasteiger partial charge in [-0.15, -0.1) is 6.58 Å². The Balaban J connectivity index is 2.23. The quantitative estimate of drug-likeness (QED) is 0.337. The Morgan fingerprint density at radius 3 is 2.95 bits per heavy atom. The van der Waals surface area contributed by atoms with Crippen molar-refractivity contribution in [1.82, 2.24) is 10.7 Å². The summed E-state index contributed by atoms with van der Waals surface area (Å²) >= 11 is 8.46. The van der Waals surface area contributed by atoms with Crippen molar-refractivity contribution in [2.45, 2.75) is 0 Å². The average Bonchev–Trinajstić information content (AvgIpc) is 2.47. The van der Waals surface area contributed by atoms with Crippen molar-refractivity contribution < 1.29 is 5.11 Å². The molecule has 0 aliphatic rings. The third-order valence-electron chi connectivity index (χ3n) is 2.77. The number of phenols is 1. The highest BCUT2D eigenvalue weighted by Gasteiger charge is 2.05. The maximum absolute atomic E-state index is 9.99. The van der Waals surface area contributed by atoms with Crippen LogP contribution in [0.4, 0.5) is 0 Å². The summed E-state index contributed by atoms with van der Waals surface area (Å²) in [5.74, 6) is 0.167. The highest BCUT2D eigenvalue weighted by atomic mass is 79.9. The summed E-state index contributed by atoms with van der Waals surface area (Å²) in [6, 6.07) is 9.33. The minimum atomic E-state index is 0.167. The van der Waals surface area contributed by atoms with Crippen molar-refractivity contribution in [2.24, 2.45) is 5.10 Å². The lowest BCUT2D eigenvalue weighted by molar-refractivity contribution is 0.475. The van der Waals surface area contributed by atoms with E-state index in [1.165, 1.54) is 0 Å². The summed E-state index contributed by atoms with van der Waals surface area (Å²) in [4.78, 5) is 0. The van der Waals surface area contributed by atoms with Gasteiger partial charge in [0.05, 0.1) is 6.21 Å². The molecule has 6 heteroatoms. The number of nitrogens with zero attached hydrogens (tertiary/aromatic N) is 1. The van der Waals surface area contributed by atoms with Gasteiger partial charge in [0, 0.05) is 16.6 Å². The van der Waals surface area contributed by atoms with E-state index in [-0.39, 0.29) is 5.75 Å². The van der Waals surface area contributed by atoms with E-state index in [9.17, 15) is 5.11 Å². The lowest BCUT2D eigenvalue weighted by atomic mass is 10.0. The fourth-order valence-corrected chi connectivity index (χ4v) is 2.32. The molecule has 0 unspecified atom stereocenters. The number of phenolic OH excluding ortho intramolecular Hbond substituents is 1. The van der Waals surface area contributed by atoms with Crippen LogP contribution in [0.5, 0.6) is 5.75 Å². The fraction of sp³-hybridized carbons (Fsp3) is 0.0667. The number of nitrogens with one attached hydrogen (secondary N) is 2. The molecule has 2 rings (SSSR count). The summed E-state index contributed by atoms with van der Waals surface area (Å²) in [6.07, 6.45) is 3.25. The first kappa shape index (κ1) is 15.5. The van der Waals surface area contributed by atoms with Gasteiger partial charge in [0.25, 0.3) is 0 Å². The number of aromatic hydroxyl groups is 1. The van der Waals surface area contributed by atoms with Crippen LogP contribution < -0.4 is 10.7 Å². The van der Waals surface area contributed by atoms with E-state index in [1.807, 2.05) is 24.3 Å². The maximum Gasteiger partial charge on any atom is 0.187 e. The van der Waals surface area contributed by atoms with E-state index in [2.05, 4.69) is 38.4 Å². The van der Waals surface area contributed by atoms with Gasteiger partial charge in [-0.2, -0.15) is 5.10 Å². The van der Waals surface area contributed by atoms with E-state index >= 15 is 0 Å². The molecule has 108 valence electrons. The highest BCUT2D eigenvalue weighted by Crippen LogP contribution is 2.27. The molecule has 0 aliphatic carbocycles. The lowest BCUT2D eigenvalue weighted by Gasteiger charge is -2.06. The average molecular weight is 364 g/mol. The van der Waals surface area contributed by atoms with Gasteiger partial charge < -0.3 is 10.4 Å². The molecule has 0 atom stereocenters. The first-order chi connectivity index (χ1) is 10.1. The number of hydrogen-bond acceptors (Lipinski definition) is 3. The molecular formula is C15H14BrN3OS. The van der Waals surface area contributed by atoms with Crippen molar-refractivity contribution in [2.75, 3.05) is 6.54 Å². The SMILES string of the molecule is C=CCNC(=S)N/N=C/c1c(O)ccc2cc(Br)ccc12. The Kier molecular flexibility index (Phi) is 5.30. The Bertz CT molecular complexity index is 715. The van der Waals surface area contributed by atoms with Gasteiger partial charge in [-0.05, 0) is 41.2 Å². The van der Waals surface area contributed by atoms with Crippen LogP contribution in [0.1, 0.15) is 5.56 Å². The second-order valence-corrected chi connectivity index (χ2v) is 5.56. The van der Waals surface area contributed by atoms with Crippen LogP contribution in [0.15, 0.2) is 52.6 Å². The molecule has 0 aliphatic heterocycles. The first-order valence-electron chi connectivity index (χ1n) is 6.21. The number of hydrogen-bond donors (Lipinski definition) is 3. The zero-order valence-electron chi connectivity index (χ0n) is 11.1. The van der Waals surface area contributed by atoms with Crippen molar-refractivity contribution in [3.8, 4) is 5.75 Å². The van der Waals surface area contributed by atoms with Crippen molar-refractivity contribution in [3.05, 3.63) is 53.0 Å². The number of rotatable bonds is 4. The summed E-state index contributed by atoms with van der Waals surface area (Å²) in [5, 5.41) is 19.3. The van der Waals surface area contributed by atoms with Crippen LogP contribution in [0.2, 0.25) is 0 Å². The maximum atomic E-state index is 9.99. The van der Waals surface area contributed by atoms with Crippen LogP contribution in [0.25, 0.3) is 10.8 Å². The molecular weight excluding hydrogens is 350 g/mol. The number of hydrazone groups is 1. The van der Waals surface area contributed by atoms with Crippen molar-refractivity contribution in [3.63, 3.8) is 0 Å². The third kappa shape index (κ3) is 4.03. The van der Waals surface area contributed by atoms with E-state index in [0.717, 1.165) is 15.2 Å². The molecule has 2 aromatic rings. The monoisotopic (exact) mass is 363 g/mol. The molecule has 4 nitrogen and oxygen atoms in total. The molecule has 0 amide bonds. The largest absolute Gasteiger partial charge is 0.507 e. The van der Waals surface area contributed by atoms with E-state index in [0.29, 0.717) is 17.2 Å². The van der Waals surface area contributed by atoms with Gasteiger partial charge >= 0.3 is 0 Å². The van der Waals surface area contributed by atoms with Gasteiger partial charge in [-0.1, -0.05) is 34.1 Å². The zero-order chi connectivity index (χ0) is 15.2. The summed E-state index contributed by atoms with van der Waals surface area (Å²) < 4.78 is 0.983. The van der Waals surface area contributed by atoms with Gasteiger partial charge in [0.15, 0.2) is 5.11 Å². The van der Waals surface area contributed by atoms with Gasteiger partial charge in [-0.3, -0.25) is 5.43 Å². The highest BCUT2D eigenvalue weighted by molar-refractivity contribution is 9.10. The Labute approximate surface area is 136 Å². The lowest BCUT2D eigenvalue weighted by Crippen LogP contribution is -2.31. The summed E-state index contributed by atoms with van der Waals surface area (Å²) in [6.45, 7) is 4.15. The molecule has 0 radical (unpaired) electrons. The second kappa shape index (κ2) is 7.19. The van der Waals surface area contributed by atoms with Crippen molar-refractivity contribution >= 4 is 50.2 Å². The molecule has 2 aromatic carbocycles. The van der Waals surface area contributed by atoms with Gasteiger partial charge in [-0.25, -0.2) is 0 Å². The number of halogens is 1. The number of benzene rings is 2.